The molecule has 0 unspecified atom stereocenters. The molecule has 0 radical (unpaired) electrons. The summed E-state index contributed by atoms with van der Waals surface area (Å²) in [7, 11) is 0. The summed E-state index contributed by atoms with van der Waals surface area (Å²) in [6.07, 6.45) is 0. The van der Waals surface area contributed by atoms with Crippen molar-refractivity contribution in [1.82, 2.24) is 0 Å². The van der Waals surface area contributed by atoms with Gasteiger partial charge >= 0.3 is 0 Å². The third-order valence-electron chi connectivity index (χ3n) is 7.45. The average molecular weight is 483 g/mol. The molecule has 178 valence electrons. The summed E-state index contributed by atoms with van der Waals surface area (Å²) in [5.41, 5.74) is 9.90. The van der Waals surface area contributed by atoms with Crippen LogP contribution in [0, 0.1) is 0 Å². The van der Waals surface area contributed by atoms with Crippen LogP contribution >= 0.6 is 0 Å². The fraction of sp³-hybridized carbons (Fsp3) is 0. The van der Waals surface area contributed by atoms with Gasteiger partial charge in [-0.3, -0.25) is 0 Å². The Morgan fingerprint density at radius 1 is 0.237 bits per heavy atom. The molecule has 0 fully saturated rings. The van der Waals surface area contributed by atoms with Crippen LogP contribution in [-0.2, 0) is 0 Å². The van der Waals surface area contributed by atoms with Gasteiger partial charge in [-0.05, 0) is 78.2 Å². The quantitative estimate of drug-likeness (QED) is 0.234. The molecular weight excluding hydrogens is 456 g/mol. The monoisotopic (exact) mass is 482 g/mol. The van der Waals surface area contributed by atoms with Crippen molar-refractivity contribution in [2.45, 2.75) is 0 Å². The normalized spacial score (nSPS) is 11.2. The number of benzene rings is 7. The van der Waals surface area contributed by atoms with E-state index >= 15 is 0 Å². The van der Waals surface area contributed by atoms with Gasteiger partial charge in [0, 0.05) is 0 Å². The molecule has 0 aliphatic carbocycles. The molecule has 0 saturated heterocycles. The zero-order valence-corrected chi connectivity index (χ0v) is 21.0. The highest BCUT2D eigenvalue weighted by Gasteiger charge is 2.19. The summed E-state index contributed by atoms with van der Waals surface area (Å²) < 4.78 is 0. The van der Waals surface area contributed by atoms with E-state index in [4.69, 9.17) is 0 Å². The second-order valence-electron chi connectivity index (χ2n) is 9.77. The zero-order chi connectivity index (χ0) is 25.3. The van der Waals surface area contributed by atoms with Crippen molar-refractivity contribution in [1.29, 1.82) is 0 Å². The van der Waals surface area contributed by atoms with Gasteiger partial charge in [0.15, 0.2) is 0 Å². The Kier molecular flexibility index (Phi) is 5.57. The molecule has 0 aromatic heterocycles. The van der Waals surface area contributed by atoms with Crippen molar-refractivity contribution in [3.8, 4) is 44.5 Å². The minimum absolute atomic E-state index is 1.22. The summed E-state index contributed by atoms with van der Waals surface area (Å²) in [6, 6.07) is 57.1. The summed E-state index contributed by atoms with van der Waals surface area (Å²) in [6.45, 7) is 0. The van der Waals surface area contributed by atoms with Gasteiger partial charge in [0.2, 0.25) is 0 Å². The van der Waals surface area contributed by atoms with Gasteiger partial charge in [-0.1, -0.05) is 146 Å². The summed E-state index contributed by atoms with van der Waals surface area (Å²) in [4.78, 5) is 0. The topological polar surface area (TPSA) is 0 Å². The van der Waals surface area contributed by atoms with E-state index in [1.54, 1.807) is 0 Å². The molecule has 0 N–H and O–H groups in total. The molecular formula is C38H26. The summed E-state index contributed by atoms with van der Waals surface area (Å²) in [5.74, 6) is 0. The average Bonchev–Trinajstić information content (AvgIpc) is 3.00. The highest BCUT2D eigenvalue weighted by molar-refractivity contribution is 6.03. The minimum atomic E-state index is 1.22. The largest absolute Gasteiger partial charge is 0.0622 e. The Morgan fingerprint density at radius 2 is 0.605 bits per heavy atom. The van der Waals surface area contributed by atoms with Crippen LogP contribution in [-0.4, -0.2) is 0 Å². The first-order chi connectivity index (χ1) is 18.8. The van der Waals surface area contributed by atoms with Crippen LogP contribution in [0.3, 0.4) is 0 Å². The lowest BCUT2D eigenvalue weighted by atomic mass is 9.82. The molecule has 0 nitrogen and oxygen atoms in total. The third-order valence-corrected chi connectivity index (χ3v) is 7.45. The van der Waals surface area contributed by atoms with Gasteiger partial charge in [0.05, 0.1) is 0 Å². The van der Waals surface area contributed by atoms with E-state index in [2.05, 4.69) is 158 Å². The first kappa shape index (κ1) is 22.3. The Bertz CT molecular complexity index is 1750. The maximum absolute atomic E-state index is 2.32. The fourth-order valence-electron chi connectivity index (χ4n) is 5.61. The van der Waals surface area contributed by atoms with E-state index < -0.39 is 0 Å². The number of fused-ring (bicyclic) bond motifs is 2. The lowest BCUT2D eigenvalue weighted by molar-refractivity contribution is 1.55. The lowest BCUT2D eigenvalue weighted by Gasteiger charge is -2.21. The van der Waals surface area contributed by atoms with E-state index in [0.29, 0.717) is 0 Å². The highest BCUT2D eigenvalue weighted by Crippen LogP contribution is 2.46. The smallest absolute Gasteiger partial charge is 0.00206 e. The van der Waals surface area contributed by atoms with E-state index in [9.17, 15) is 0 Å². The predicted molar refractivity (Wildman–Crippen MR) is 163 cm³/mol. The molecule has 7 aromatic rings. The Hall–Kier alpha value is -4.94. The van der Waals surface area contributed by atoms with Crippen LogP contribution in [0.1, 0.15) is 0 Å². The molecule has 0 atom stereocenters. The van der Waals surface area contributed by atoms with E-state index in [0.717, 1.165) is 0 Å². The number of hydrogen-bond acceptors (Lipinski definition) is 0. The van der Waals surface area contributed by atoms with Crippen molar-refractivity contribution in [2.24, 2.45) is 0 Å². The number of rotatable bonds is 4. The van der Waals surface area contributed by atoms with Crippen LogP contribution in [0.2, 0.25) is 0 Å². The van der Waals surface area contributed by atoms with Gasteiger partial charge in [0.1, 0.15) is 0 Å². The van der Waals surface area contributed by atoms with E-state index in [1.807, 2.05) is 0 Å². The van der Waals surface area contributed by atoms with Gasteiger partial charge in [-0.15, -0.1) is 0 Å². The van der Waals surface area contributed by atoms with Crippen LogP contribution in [0.4, 0.5) is 0 Å². The van der Waals surface area contributed by atoms with Crippen LogP contribution < -0.4 is 0 Å². The molecule has 0 aliphatic heterocycles. The highest BCUT2D eigenvalue weighted by atomic mass is 14.2. The van der Waals surface area contributed by atoms with Crippen LogP contribution in [0.15, 0.2) is 158 Å². The van der Waals surface area contributed by atoms with Crippen molar-refractivity contribution >= 4 is 21.5 Å². The predicted octanol–water partition coefficient (Wildman–Crippen LogP) is 10.7. The second-order valence-corrected chi connectivity index (χ2v) is 9.77. The second kappa shape index (κ2) is 9.50. The maximum Gasteiger partial charge on any atom is -0.00206 e. The van der Waals surface area contributed by atoms with Gasteiger partial charge in [-0.2, -0.15) is 0 Å². The van der Waals surface area contributed by atoms with Crippen molar-refractivity contribution in [3.63, 3.8) is 0 Å². The lowest BCUT2D eigenvalue weighted by Crippen LogP contribution is -1.94. The van der Waals surface area contributed by atoms with Gasteiger partial charge in [-0.25, -0.2) is 0 Å². The van der Waals surface area contributed by atoms with Crippen LogP contribution in [0.5, 0.6) is 0 Å². The molecule has 0 heterocycles. The molecule has 0 amide bonds. The standard InChI is InChI=1S/C38H26/c1-3-13-29(14-4-1)37-35(33-21-19-27-11-7-9-17-31(27)25-33)23-24-36(38(37)30-15-5-2-6-16-30)34-22-20-28-12-8-10-18-32(28)26-34/h1-26H. The Morgan fingerprint density at radius 3 is 1.03 bits per heavy atom. The van der Waals surface area contributed by atoms with Crippen molar-refractivity contribution in [2.75, 3.05) is 0 Å². The molecule has 7 aromatic carbocycles. The molecule has 0 bridgehead atoms. The SMILES string of the molecule is c1ccc(-c2c(-c3ccc4ccccc4c3)ccc(-c3ccc4ccccc4c3)c2-c2ccccc2)cc1. The van der Waals surface area contributed by atoms with E-state index in [1.165, 1.54) is 66.1 Å². The third kappa shape index (κ3) is 3.97. The van der Waals surface area contributed by atoms with Gasteiger partial charge < -0.3 is 0 Å². The Labute approximate surface area is 223 Å². The maximum atomic E-state index is 2.32. The molecule has 0 spiro atoms. The number of hydrogen-bond donors (Lipinski definition) is 0. The van der Waals surface area contributed by atoms with Crippen LogP contribution in [0.25, 0.3) is 66.1 Å². The van der Waals surface area contributed by atoms with Crippen molar-refractivity contribution < 1.29 is 0 Å². The molecule has 38 heavy (non-hydrogen) atoms. The molecule has 0 aliphatic rings. The first-order valence-electron chi connectivity index (χ1n) is 13.1. The minimum Gasteiger partial charge on any atom is -0.0622 e. The first-order valence-corrected chi connectivity index (χ1v) is 13.1. The molecule has 0 heteroatoms. The Balaban J connectivity index is 1.57. The van der Waals surface area contributed by atoms with Gasteiger partial charge in [0.25, 0.3) is 0 Å². The zero-order valence-electron chi connectivity index (χ0n) is 21.0. The molecule has 0 saturated carbocycles. The summed E-state index contributed by atoms with van der Waals surface area (Å²) >= 11 is 0. The van der Waals surface area contributed by atoms with E-state index in [-0.39, 0.29) is 0 Å². The summed E-state index contributed by atoms with van der Waals surface area (Å²) in [5, 5.41) is 5.02. The van der Waals surface area contributed by atoms with Crippen molar-refractivity contribution in [3.05, 3.63) is 158 Å². The fourth-order valence-corrected chi connectivity index (χ4v) is 5.61. The molecule has 7 rings (SSSR count).